The van der Waals surface area contributed by atoms with E-state index in [4.69, 9.17) is 0 Å². The molecule has 1 aliphatic heterocycles. The maximum Gasteiger partial charge on any atom is 0.125 e. The van der Waals surface area contributed by atoms with Crippen LogP contribution in [0, 0.1) is 0 Å². The molecule has 0 radical (unpaired) electrons. The first kappa shape index (κ1) is 11.4. The molecule has 5 heteroatoms. The minimum absolute atomic E-state index is 0.323. The first-order valence-electron chi connectivity index (χ1n) is 6.21. The highest BCUT2D eigenvalue weighted by Gasteiger charge is 2.22. The number of nitrogens with zero attached hydrogens (tertiary/aromatic N) is 3. The van der Waals surface area contributed by atoms with Crippen LogP contribution >= 0.6 is 0 Å². The van der Waals surface area contributed by atoms with E-state index in [0.29, 0.717) is 6.04 Å². The van der Waals surface area contributed by atoms with Gasteiger partial charge in [-0.05, 0) is 19.2 Å². The summed E-state index contributed by atoms with van der Waals surface area (Å²) in [7, 11) is 2.14. The number of hydrogen-bond donors (Lipinski definition) is 2. The normalized spacial score (nSPS) is 21.1. The van der Waals surface area contributed by atoms with Crippen LogP contribution in [0.1, 0.15) is 11.9 Å². The van der Waals surface area contributed by atoms with Gasteiger partial charge in [0, 0.05) is 37.6 Å². The summed E-state index contributed by atoms with van der Waals surface area (Å²) in [6.45, 7) is 3.03. The topological polar surface area (TPSA) is 56.8 Å². The Labute approximate surface area is 106 Å². The molecule has 3 heterocycles. The van der Waals surface area contributed by atoms with E-state index in [2.05, 4.69) is 32.2 Å². The third-order valence-electron chi connectivity index (χ3n) is 3.39. The van der Waals surface area contributed by atoms with Crippen LogP contribution in [-0.4, -0.2) is 46.5 Å². The van der Waals surface area contributed by atoms with Crippen molar-refractivity contribution in [3.63, 3.8) is 0 Å². The van der Waals surface area contributed by atoms with Crippen molar-refractivity contribution in [2.24, 2.45) is 0 Å². The number of rotatable bonds is 2. The fourth-order valence-corrected chi connectivity index (χ4v) is 2.29. The third-order valence-corrected chi connectivity index (χ3v) is 3.39. The first-order valence-corrected chi connectivity index (χ1v) is 6.21. The Morgan fingerprint density at radius 3 is 3.11 bits per heavy atom. The summed E-state index contributed by atoms with van der Waals surface area (Å²) < 4.78 is 0. The fourth-order valence-electron chi connectivity index (χ4n) is 2.29. The Morgan fingerprint density at radius 2 is 2.33 bits per heavy atom. The number of piperazine rings is 1. The Balaban J connectivity index is 1.85. The number of aromatic nitrogens is 3. The molecule has 0 spiro atoms. The lowest BCUT2D eigenvalue weighted by Gasteiger charge is -2.31. The van der Waals surface area contributed by atoms with Crippen LogP contribution < -0.4 is 5.32 Å². The summed E-state index contributed by atoms with van der Waals surface area (Å²) in [4.78, 5) is 14.3. The van der Waals surface area contributed by atoms with Gasteiger partial charge in [-0.25, -0.2) is 4.98 Å². The van der Waals surface area contributed by atoms with E-state index in [9.17, 15) is 0 Å². The lowest BCUT2D eigenvalue weighted by Crippen LogP contribution is -2.44. The van der Waals surface area contributed by atoms with Crippen molar-refractivity contribution in [3.05, 3.63) is 36.5 Å². The predicted molar refractivity (Wildman–Crippen MR) is 70.1 cm³/mol. The van der Waals surface area contributed by atoms with E-state index >= 15 is 0 Å². The Bertz CT molecular complexity index is 507. The summed E-state index contributed by atoms with van der Waals surface area (Å²) in [6, 6.07) is 4.29. The van der Waals surface area contributed by atoms with Gasteiger partial charge in [-0.2, -0.15) is 0 Å². The van der Waals surface area contributed by atoms with Gasteiger partial charge in [-0.3, -0.25) is 9.88 Å². The molecule has 18 heavy (non-hydrogen) atoms. The highest BCUT2D eigenvalue weighted by molar-refractivity contribution is 5.56. The van der Waals surface area contributed by atoms with Gasteiger partial charge in [-0.15, -0.1) is 0 Å². The summed E-state index contributed by atoms with van der Waals surface area (Å²) in [6.07, 6.45) is 5.51. The van der Waals surface area contributed by atoms with Crippen LogP contribution in [0.3, 0.4) is 0 Å². The molecule has 2 N–H and O–H groups in total. The molecule has 3 rings (SSSR count). The average Bonchev–Trinajstić information content (AvgIpc) is 2.90. The van der Waals surface area contributed by atoms with Crippen molar-refractivity contribution >= 4 is 0 Å². The Hall–Kier alpha value is -1.72. The summed E-state index contributed by atoms with van der Waals surface area (Å²) in [5.41, 5.74) is 2.10. The Kier molecular flexibility index (Phi) is 3.08. The van der Waals surface area contributed by atoms with Crippen molar-refractivity contribution in [1.82, 2.24) is 25.2 Å². The number of H-pyrrole nitrogens is 1. The number of hydrogen-bond acceptors (Lipinski definition) is 4. The molecule has 0 amide bonds. The zero-order chi connectivity index (χ0) is 12.4. The van der Waals surface area contributed by atoms with E-state index in [-0.39, 0.29) is 0 Å². The molecule has 2 aromatic heterocycles. The van der Waals surface area contributed by atoms with Crippen LogP contribution in [0.4, 0.5) is 0 Å². The standard InChI is InChI=1S/C13H17N5/c1-18-6-5-15-9-12(18)13-16-8-11(17-13)10-3-2-4-14-7-10/h2-4,7-8,12,15H,5-6,9H2,1H3,(H,16,17). The molecule has 0 aliphatic carbocycles. The zero-order valence-corrected chi connectivity index (χ0v) is 10.4. The van der Waals surface area contributed by atoms with E-state index in [0.717, 1.165) is 36.7 Å². The van der Waals surface area contributed by atoms with Crippen LogP contribution in [0.25, 0.3) is 11.3 Å². The van der Waals surface area contributed by atoms with E-state index < -0.39 is 0 Å². The lowest BCUT2D eigenvalue weighted by molar-refractivity contribution is 0.195. The van der Waals surface area contributed by atoms with Gasteiger partial charge >= 0.3 is 0 Å². The van der Waals surface area contributed by atoms with Crippen molar-refractivity contribution in [2.45, 2.75) is 6.04 Å². The van der Waals surface area contributed by atoms with Crippen molar-refractivity contribution in [2.75, 3.05) is 26.7 Å². The number of aromatic amines is 1. The van der Waals surface area contributed by atoms with Gasteiger partial charge in [0.2, 0.25) is 0 Å². The average molecular weight is 243 g/mol. The molecule has 1 atom stereocenters. The number of imidazole rings is 1. The molecule has 0 bridgehead atoms. The SMILES string of the molecule is CN1CCNCC1c1ncc(-c2cccnc2)[nH]1. The monoisotopic (exact) mass is 243 g/mol. The molecule has 1 aliphatic rings. The smallest absolute Gasteiger partial charge is 0.125 e. The summed E-state index contributed by atoms with van der Waals surface area (Å²) >= 11 is 0. The fraction of sp³-hybridized carbons (Fsp3) is 0.385. The number of nitrogens with one attached hydrogen (secondary N) is 2. The minimum atomic E-state index is 0.323. The van der Waals surface area contributed by atoms with E-state index in [1.165, 1.54) is 0 Å². The van der Waals surface area contributed by atoms with Crippen molar-refractivity contribution in [1.29, 1.82) is 0 Å². The van der Waals surface area contributed by atoms with E-state index in [1.807, 2.05) is 24.5 Å². The molecule has 2 aromatic rings. The van der Waals surface area contributed by atoms with Crippen molar-refractivity contribution < 1.29 is 0 Å². The molecular formula is C13H17N5. The molecule has 1 fully saturated rings. The molecule has 0 aromatic carbocycles. The van der Waals surface area contributed by atoms with Crippen molar-refractivity contribution in [3.8, 4) is 11.3 Å². The maximum absolute atomic E-state index is 4.50. The first-order chi connectivity index (χ1) is 8.84. The largest absolute Gasteiger partial charge is 0.341 e. The molecular weight excluding hydrogens is 226 g/mol. The second-order valence-electron chi connectivity index (χ2n) is 4.62. The molecule has 94 valence electrons. The Morgan fingerprint density at radius 1 is 1.39 bits per heavy atom. The quantitative estimate of drug-likeness (QED) is 0.827. The molecule has 0 saturated carbocycles. The van der Waals surface area contributed by atoms with Gasteiger partial charge in [0.05, 0.1) is 17.9 Å². The molecule has 5 nitrogen and oxygen atoms in total. The van der Waals surface area contributed by atoms with Gasteiger partial charge < -0.3 is 10.3 Å². The lowest BCUT2D eigenvalue weighted by atomic mass is 10.2. The van der Waals surface area contributed by atoms with Gasteiger partial charge in [-0.1, -0.05) is 0 Å². The second kappa shape index (κ2) is 4.88. The molecule has 1 unspecified atom stereocenters. The highest BCUT2D eigenvalue weighted by Crippen LogP contribution is 2.21. The van der Waals surface area contributed by atoms with E-state index in [1.54, 1.807) is 6.20 Å². The van der Waals surface area contributed by atoms with Crippen LogP contribution in [0.5, 0.6) is 0 Å². The zero-order valence-electron chi connectivity index (χ0n) is 10.4. The summed E-state index contributed by atoms with van der Waals surface area (Å²) in [5, 5.41) is 3.40. The van der Waals surface area contributed by atoms with Crippen LogP contribution in [-0.2, 0) is 0 Å². The van der Waals surface area contributed by atoms with Gasteiger partial charge in [0.15, 0.2) is 0 Å². The summed E-state index contributed by atoms with van der Waals surface area (Å²) in [5.74, 6) is 1.02. The number of likely N-dealkylation sites (N-methyl/N-ethyl adjacent to an activating group) is 1. The molecule has 1 saturated heterocycles. The maximum atomic E-state index is 4.50. The minimum Gasteiger partial charge on any atom is -0.341 e. The second-order valence-corrected chi connectivity index (χ2v) is 4.62. The van der Waals surface area contributed by atoms with Gasteiger partial charge in [0.1, 0.15) is 5.82 Å². The highest BCUT2D eigenvalue weighted by atomic mass is 15.2. The third kappa shape index (κ3) is 2.14. The van der Waals surface area contributed by atoms with Crippen LogP contribution in [0.2, 0.25) is 0 Å². The predicted octanol–water partition coefficient (Wildman–Crippen LogP) is 1.05. The van der Waals surface area contributed by atoms with Gasteiger partial charge in [0.25, 0.3) is 0 Å². The number of pyridine rings is 1. The van der Waals surface area contributed by atoms with Crippen LogP contribution in [0.15, 0.2) is 30.7 Å².